The summed E-state index contributed by atoms with van der Waals surface area (Å²) in [5, 5.41) is 17.1. The first-order valence-electron chi connectivity index (χ1n) is 3.51. The van der Waals surface area contributed by atoms with E-state index in [-0.39, 0.29) is 6.04 Å². The largest absolute Gasteiger partial charge is 0.306 e. The van der Waals surface area contributed by atoms with Crippen LogP contribution in [0.25, 0.3) is 0 Å². The Labute approximate surface area is 68.3 Å². The van der Waals surface area contributed by atoms with E-state index >= 15 is 0 Å². The molecule has 60 valence electrons. The first-order valence-corrected chi connectivity index (χ1v) is 4.67. The molecule has 2 heterocycles. The fourth-order valence-electron chi connectivity index (χ4n) is 1.05. The highest BCUT2D eigenvalue weighted by atomic mass is 32.2. The second-order valence-corrected chi connectivity index (χ2v) is 3.50. The number of rotatable bonds is 1. The lowest BCUT2D eigenvalue weighted by molar-refractivity contribution is 0.565. The normalized spacial score (nSPS) is 25.3. The van der Waals surface area contributed by atoms with Crippen LogP contribution in [-0.4, -0.2) is 38.7 Å². The lowest BCUT2D eigenvalue weighted by Crippen LogP contribution is -2.31. The van der Waals surface area contributed by atoms with Gasteiger partial charge in [0.05, 0.1) is 6.04 Å². The molecule has 1 aliphatic heterocycles. The number of tetrazole rings is 1. The monoisotopic (exact) mass is 171 g/mol. The van der Waals surface area contributed by atoms with Crippen molar-refractivity contribution >= 4 is 11.8 Å². The minimum Gasteiger partial charge on any atom is -0.306 e. The molecule has 0 spiro atoms. The zero-order chi connectivity index (χ0) is 7.52. The maximum atomic E-state index is 3.92. The fraction of sp³-hybridized carbons (Fsp3) is 0.800. The molecule has 0 aromatic carbocycles. The van der Waals surface area contributed by atoms with Crippen LogP contribution in [-0.2, 0) is 0 Å². The average Bonchev–Trinajstić information content (AvgIpc) is 2.58. The second kappa shape index (κ2) is 3.19. The summed E-state index contributed by atoms with van der Waals surface area (Å²) in [6, 6.07) is 0.285. The number of aromatic nitrogens is 4. The van der Waals surface area contributed by atoms with Gasteiger partial charge in [-0.25, -0.2) is 0 Å². The highest BCUT2D eigenvalue weighted by Gasteiger charge is 2.18. The molecule has 1 aliphatic rings. The quantitative estimate of drug-likeness (QED) is 0.600. The van der Waals surface area contributed by atoms with Crippen molar-refractivity contribution in [2.45, 2.75) is 6.04 Å². The number of H-pyrrole nitrogens is 1. The Morgan fingerprint density at radius 2 is 2.55 bits per heavy atom. The smallest absolute Gasteiger partial charge is 0.192 e. The van der Waals surface area contributed by atoms with Crippen molar-refractivity contribution < 1.29 is 0 Å². The molecule has 6 heteroatoms. The molecule has 2 N–H and O–H groups in total. The average molecular weight is 171 g/mol. The summed E-state index contributed by atoms with van der Waals surface area (Å²) in [6.45, 7) is 1.03. The zero-order valence-electron chi connectivity index (χ0n) is 5.95. The number of nitrogens with zero attached hydrogens (tertiary/aromatic N) is 3. The van der Waals surface area contributed by atoms with Crippen molar-refractivity contribution in [2.24, 2.45) is 0 Å². The van der Waals surface area contributed by atoms with Crippen LogP contribution in [0.4, 0.5) is 0 Å². The van der Waals surface area contributed by atoms with E-state index in [0.29, 0.717) is 0 Å². The number of thioether (sulfide) groups is 1. The van der Waals surface area contributed by atoms with Gasteiger partial charge in [0.25, 0.3) is 0 Å². The summed E-state index contributed by atoms with van der Waals surface area (Å²) in [4.78, 5) is 0. The third-order valence-electron chi connectivity index (χ3n) is 1.60. The Kier molecular flexibility index (Phi) is 2.04. The number of hydrogen-bond donors (Lipinski definition) is 2. The Bertz CT molecular complexity index is 205. The SMILES string of the molecule is C1CSCC(c2nn[nH]n2)N1. The maximum Gasteiger partial charge on any atom is 0.192 e. The summed E-state index contributed by atoms with van der Waals surface area (Å²) in [6.07, 6.45) is 0. The van der Waals surface area contributed by atoms with Gasteiger partial charge in [-0.05, 0) is 0 Å². The van der Waals surface area contributed by atoms with E-state index in [9.17, 15) is 0 Å². The van der Waals surface area contributed by atoms with Gasteiger partial charge in [0.2, 0.25) is 0 Å². The van der Waals surface area contributed by atoms with E-state index in [1.165, 1.54) is 5.75 Å². The van der Waals surface area contributed by atoms with E-state index in [0.717, 1.165) is 18.1 Å². The van der Waals surface area contributed by atoms with Gasteiger partial charge in [-0.1, -0.05) is 5.21 Å². The Morgan fingerprint density at radius 1 is 1.55 bits per heavy atom. The second-order valence-electron chi connectivity index (χ2n) is 2.35. The van der Waals surface area contributed by atoms with Gasteiger partial charge >= 0.3 is 0 Å². The van der Waals surface area contributed by atoms with E-state index in [2.05, 4.69) is 25.9 Å². The third kappa shape index (κ3) is 1.51. The topological polar surface area (TPSA) is 66.5 Å². The molecule has 1 aromatic rings. The van der Waals surface area contributed by atoms with Gasteiger partial charge in [-0.2, -0.15) is 17.0 Å². The number of nitrogens with one attached hydrogen (secondary N) is 2. The molecule has 2 rings (SSSR count). The minimum absolute atomic E-state index is 0.285. The zero-order valence-corrected chi connectivity index (χ0v) is 6.77. The van der Waals surface area contributed by atoms with Crippen molar-refractivity contribution in [2.75, 3.05) is 18.1 Å². The van der Waals surface area contributed by atoms with Crippen LogP contribution in [0, 0.1) is 0 Å². The summed E-state index contributed by atoms with van der Waals surface area (Å²) >= 11 is 1.92. The summed E-state index contributed by atoms with van der Waals surface area (Å²) in [5.74, 6) is 2.99. The van der Waals surface area contributed by atoms with Crippen LogP contribution in [0.2, 0.25) is 0 Å². The van der Waals surface area contributed by atoms with Gasteiger partial charge in [0.15, 0.2) is 5.82 Å². The highest BCUT2D eigenvalue weighted by Crippen LogP contribution is 2.17. The third-order valence-corrected chi connectivity index (χ3v) is 2.66. The summed E-state index contributed by atoms with van der Waals surface area (Å²) in [7, 11) is 0. The van der Waals surface area contributed by atoms with Crippen molar-refractivity contribution in [1.82, 2.24) is 25.9 Å². The van der Waals surface area contributed by atoms with Crippen LogP contribution >= 0.6 is 11.8 Å². The summed E-state index contributed by atoms with van der Waals surface area (Å²) in [5.41, 5.74) is 0. The van der Waals surface area contributed by atoms with Crippen molar-refractivity contribution in [3.05, 3.63) is 5.82 Å². The molecular weight excluding hydrogens is 162 g/mol. The highest BCUT2D eigenvalue weighted by molar-refractivity contribution is 7.99. The molecular formula is C5H9N5S. The molecule has 11 heavy (non-hydrogen) atoms. The standard InChI is InChI=1S/C5H9N5S/c1-2-11-3-4(6-1)5-7-9-10-8-5/h4,6H,1-3H2,(H,7,8,9,10). The minimum atomic E-state index is 0.285. The molecule has 5 nitrogen and oxygen atoms in total. The molecule has 1 aromatic heterocycles. The lowest BCUT2D eigenvalue weighted by Gasteiger charge is -2.19. The Balaban J connectivity index is 2.04. The van der Waals surface area contributed by atoms with E-state index < -0.39 is 0 Å². The lowest BCUT2D eigenvalue weighted by atomic mass is 10.3. The predicted octanol–water partition coefficient (Wildman–Crippen LogP) is -0.423. The number of aromatic amines is 1. The Hall–Kier alpha value is -0.620. The van der Waals surface area contributed by atoms with Crippen LogP contribution < -0.4 is 5.32 Å². The molecule has 0 bridgehead atoms. The van der Waals surface area contributed by atoms with Gasteiger partial charge in [0.1, 0.15) is 0 Å². The molecule has 1 atom stereocenters. The van der Waals surface area contributed by atoms with E-state index in [1.807, 2.05) is 11.8 Å². The van der Waals surface area contributed by atoms with Crippen LogP contribution in [0.1, 0.15) is 11.9 Å². The van der Waals surface area contributed by atoms with Crippen LogP contribution in [0.15, 0.2) is 0 Å². The van der Waals surface area contributed by atoms with E-state index in [1.54, 1.807) is 0 Å². The molecule has 0 amide bonds. The Morgan fingerprint density at radius 3 is 3.18 bits per heavy atom. The predicted molar refractivity (Wildman–Crippen MR) is 42.2 cm³/mol. The fourth-order valence-corrected chi connectivity index (χ4v) is 1.98. The van der Waals surface area contributed by atoms with E-state index in [4.69, 9.17) is 0 Å². The van der Waals surface area contributed by atoms with Crippen LogP contribution in [0.5, 0.6) is 0 Å². The van der Waals surface area contributed by atoms with Gasteiger partial charge in [0, 0.05) is 18.1 Å². The van der Waals surface area contributed by atoms with Gasteiger partial charge in [-0.3, -0.25) is 0 Å². The van der Waals surface area contributed by atoms with Crippen molar-refractivity contribution in [3.63, 3.8) is 0 Å². The van der Waals surface area contributed by atoms with Crippen LogP contribution in [0.3, 0.4) is 0 Å². The number of hydrogen-bond acceptors (Lipinski definition) is 5. The molecule has 0 saturated carbocycles. The molecule has 0 aliphatic carbocycles. The van der Waals surface area contributed by atoms with Gasteiger partial charge < -0.3 is 5.32 Å². The van der Waals surface area contributed by atoms with Gasteiger partial charge in [-0.15, -0.1) is 10.2 Å². The van der Waals surface area contributed by atoms with Crippen molar-refractivity contribution in [1.29, 1.82) is 0 Å². The molecule has 1 unspecified atom stereocenters. The first-order chi connectivity index (χ1) is 5.47. The molecule has 1 fully saturated rings. The first kappa shape index (κ1) is 7.05. The molecule has 0 radical (unpaired) electrons. The summed E-state index contributed by atoms with van der Waals surface area (Å²) < 4.78 is 0. The molecule has 1 saturated heterocycles. The maximum absolute atomic E-state index is 3.92. The van der Waals surface area contributed by atoms with Crippen molar-refractivity contribution in [3.8, 4) is 0 Å².